The molecular formula is C21H22N4O. The Morgan fingerprint density at radius 2 is 1.58 bits per heavy atom. The summed E-state index contributed by atoms with van der Waals surface area (Å²) in [7, 11) is 0. The normalized spacial score (nSPS) is 15.2. The van der Waals surface area contributed by atoms with Gasteiger partial charge in [-0.2, -0.15) is 0 Å². The molecule has 0 aliphatic carbocycles. The van der Waals surface area contributed by atoms with Crippen molar-refractivity contribution in [2.75, 3.05) is 13.1 Å². The van der Waals surface area contributed by atoms with Gasteiger partial charge in [0.25, 0.3) is 5.91 Å². The molecule has 0 N–H and O–H groups in total. The highest BCUT2D eigenvalue weighted by molar-refractivity contribution is 5.91. The molecule has 0 unspecified atom stereocenters. The second kappa shape index (κ2) is 7.12. The van der Waals surface area contributed by atoms with E-state index < -0.39 is 0 Å². The second-order valence-electron chi connectivity index (χ2n) is 6.85. The van der Waals surface area contributed by atoms with Gasteiger partial charge in [0.05, 0.1) is 5.69 Å². The number of aromatic nitrogens is 3. The third-order valence-corrected chi connectivity index (χ3v) is 4.90. The van der Waals surface area contributed by atoms with Crippen LogP contribution >= 0.6 is 0 Å². The molecule has 0 saturated carbocycles. The number of rotatable bonds is 3. The fraction of sp³-hybridized carbons (Fsp3) is 0.286. The number of piperidine rings is 1. The van der Waals surface area contributed by atoms with E-state index in [9.17, 15) is 4.79 Å². The van der Waals surface area contributed by atoms with Gasteiger partial charge in [0, 0.05) is 18.7 Å². The molecule has 1 aromatic heterocycles. The number of amides is 1. The Labute approximate surface area is 153 Å². The zero-order valence-electron chi connectivity index (χ0n) is 14.9. The summed E-state index contributed by atoms with van der Waals surface area (Å²) in [5, 5.41) is 4.57. The number of benzene rings is 2. The van der Waals surface area contributed by atoms with Crippen molar-refractivity contribution < 1.29 is 4.79 Å². The topological polar surface area (TPSA) is 51.0 Å². The Morgan fingerprint density at radius 1 is 0.962 bits per heavy atom. The van der Waals surface area contributed by atoms with E-state index >= 15 is 0 Å². The summed E-state index contributed by atoms with van der Waals surface area (Å²) in [5.74, 6) is 1.55. The Bertz CT molecular complexity index is 824. The minimum absolute atomic E-state index is 0.0798. The van der Waals surface area contributed by atoms with Crippen molar-refractivity contribution in [2.45, 2.75) is 19.8 Å². The molecule has 132 valence electrons. The SMILES string of the molecule is CC1CCN(C(=O)c2nc(-c3ccccc3)n(-c3ccccc3)n2)CC1. The number of nitrogens with zero attached hydrogens (tertiary/aromatic N) is 4. The first-order valence-electron chi connectivity index (χ1n) is 9.09. The first-order valence-corrected chi connectivity index (χ1v) is 9.09. The predicted octanol–water partition coefficient (Wildman–Crippen LogP) is 3.81. The highest BCUT2D eigenvalue weighted by atomic mass is 16.2. The standard InChI is InChI=1S/C21H22N4O/c1-16-12-14-24(15-13-16)21(26)19-22-20(17-8-4-2-5-9-17)25(23-19)18-10-6-3-7-11-18/h2-11,16H,12-15H2,1H3. The second-order valence-corrected chi connectivity index (χ2v) is 6.85. The first kappa shape index (κ1) is 16.5. The first-order chi connectivity index (χ1) is 12.7. The van der Waals surface area contributed by atoms with Crippen LogP contribution in [0.15, 0.2) is 60.7 Å². The van der Waals surface area contributed by atoms with Crippen molar-refractivity contribution in [1.29, 1.82) is 0 Å². The Balaban J connectivity index is 1.73. The highest BCUT2D eigenvalue weighted by Crippen LogP contribution is 2.23. The van der Waals surface area contributed by atoms with Crippen LogP contribution in [0.4, 0.5) is 0 Å². The van der Waals surface area contributed by atoms with E-state index in [1.165, 1.54) is 0 Å². The molecule has 0 bridgehead atoms. The number of carbonyl (C=O) groups excluding carboxylic acids is 1. The van der Waals surface area contributed by atoms with Gasteiger partial charge in [-0.1, -0.05) is 55.5 Å². The van der Waals surface area contributed by atoms with Gasteiger partial charge in [0.1, 0.15) is 0 Å². The van der Waals surface area contributed by atoms with Crippen LogP contribution < -0.4 is 0 Å². The summed E-state index contributed by atoms with van der Waals surface area (Å²) in [4.78, 5) is 19.4. The van der Waals surface area contributed by atoms with Crippen LogP contribution in [0.5, 0.6) is 0 Å². The fourth-order valence-electron chi connectivity index (χ4n) is 3.28. The molecule has 1 saturated heterocycles. The van der Waals surface area contributed by atoms with Crippen molar-refractivity contribution >= 4 is 5.91 Å². The lowest BCUT2D eigenvalue weighted by Gasteiger charge is -2.29. The lowest BCUT2D eigenvalue weighted by molar-refractivity contribution is 0.0685. The summed E-state index contributed by atoms with van der Waals surface area (Å²) in [6, 6.07) is 19.7. The van der Waals surface area contributed by atoms with Crippen LogP contribution in [0.1, 0.15) is 30.4 Å². The van der Waals surface area contributed by atoms with E-state index in [0.29, 0.717) is 11.7 Å². The molecule has 26 heavy (non-hydrogen) atoms. The van der Waals surface area contributed by atoms with Crippen LogP contribution in [0.25, 0.3) is 17.1 Å². The molecule has 0 atom stereocenters. The number of para-hydroxylation sites is 1. The largest absolute Gasteiger partial charge is 0.336 e. The molecule has 1 aliphatic heterocycles. The van der Waals surface area contributed by atoms with E-state index in [1.54, 1.807) is 4.68 Å². The molecule has 4 rings (SSSR count). The van der Waals surface area contributed by atoms with Gasteiger partial charge in [-0.15, -0.1) is 5.10 Å². The number of hydrogen-bond acceptors (Lipinski definition) is 3. The summed E-state index contributed by atoms with van der Waals surface area (Å²) in [6.45, 7) is 3.79. The monoisotopic (exact) mass is 346 g/mol. The zero-order valence-corrected chi connectivity index (χ0v) is 14.9. The summed E-state index contributed by atoms with van der Waals surface area (Å²) >= 11 is 0. The molecule has 2 heterocycles. The Hall–Kier alpha value is -2.95. The van der Waals surface area contributed by atoms with Crippen LogP contribution in [0, 0.1) is 5.92 Å². The van der Waals surface area contributed by atoms with Gasteiger partial charge in [-0.3, -0.25) is 4.79 Å². The van der Waals surface area contributed by atoms with Crippen LogP contribution in [-0.2, 0) is 0 Å². The molecule has 5 nitrogen and oxygen atoms in total. The summed E-state index contributed by atoms with van der Waals surface area (Å²) < 4.78 is 1.76. The van der Waals surface area contributed by atoms with Gasteiger partial charge < -0.3 is 4.90 Å². The van der Waals surface area contributed by atoms with Crippen LogP contribution in [0.2, 0.25) is 0 Å². The van der Waals surface area contributed by atoms with Crippen molar-refractivity contribution in [3.05, 3.63) is 66.5 Å². The maximum Gasteiger partial charge on any atom is 0.293 e. The number of hydrogen-bond donors (Lipinski definition) is 0. The van der Waals surface area contributed by atoms with E-state index in [1.807, 2.05) is 65.6 Å². The quantitative estimate of drug-likeness (QED) is 0.725. The van der Waals surface area contributed by atoms with Gasteiger partial charge in [0.2, 0.25) is 5.82 Å². The molecule has 1 aliphatic rings. The van der Waals surface area contributed by atoms with Gasteiger partial charge in [-0.25, -0.2) is 9.67 Å². The lowest BCUT2D eigenvalue weighted by Crippen LogP contribution is -2.38. The zero-order chi connectivity index (χ0) is 17.9. The molecule has 1 fully saturated rings. The Kier molecular flexibility index (Phi) is 4.52. The van der Waals surface area contributed by atoms with Crippen LogP contribution in [-0.4, -0.2) is 38.7 Å². The third kappa shape index (κ3) is 3.25. The van der Waals surface area contributed by atoms with E-state index in [2.05, 4.69) is 17.0 Å². The molecular weight excluding hydrogens is 324 g/mol. The predicted molar refractivity (Wildman–Crippen MR) is 101 cm³/mol. The number of carbonyl (C=O) groups is 1. The maximum absolute atomic E-state index is 12.9. The molecule has 2 aromatic carbocycles. The average molecular weight is 346 g/mol. The minimum Gasteiger partial charge on any atom is -0.336 e. The van der Waals surface area contributed by atoms with Gasteiger partial charge >= 0.3 is 0 Å². The van der Waals surface area contributed by atoms with Crippen molar-refractivity contribution in [3.63, 3.8) is 0 Å². The van der Waals surface area contributed by atoms with Crippen molar-refractivity contribution in [1.82, 2.24) is 19.7 Å². The van der Waals surface area contributed by atoms with Crippen LogP contribution in [0.3, 0.4) is 0 Å². The van der Waals surface area contributed by atoms with Crippen molar-refractivity contribution in [2.24, 2.45) is 5.92 Å². The molecule has 0 spiro atoms. The smallest absolute Gasteiger partial charge is 0.293 e. The molecule has 3 aromatic rings. The fourth-order valence-corrected chi connectivity index (χ4v) is 3.28. The lowest BCUT2D eigenvalue weighted by atomic mass is 9.99. The maximum atomic E-state index is 12.9. The van der Waals surface area contributed by atoms with Gasteiger partial charge in [0.15, 0.2) is 5.82 Å². The Morgan fingerprint density at radius 3 is 2.23 bits per heavy atom. The molecule has 1 amide bonds. The summed E-state index contributed by atoms with van der Waals surface area (Å²) in [6.07, 6.45) is 2.08. The van der Waals surface area contributed by atoms with Gasteiger partial charge in [-0.05, 0) is 30.9 Å². The minimum atomic E-state index is -0.0798. The molecule has 5 heteroatoms. The van der Waals surface area contributed by atoms with Crippen molar-refractivity contribution in [3.8, 4) is 17.1 Å². The highest BCUT2D eigenvalue weighted by Gasteiger charge is 2.26. The molecule has 0 radical (unpaired) electrons. The summed E-state index contributed by atoms with van der Waals surface area (Å²) in [5.41, 5.74) is 1.83. The van der Waals surface area contributed by atoms with E-state index in [0.717, 1.165) is 37.2 Å². The van der Waals surface area contributed by atoms with E-state index in [4.69, 9.17) is 0 Å². The van der Waals surface area contributed by atoms with E-state index in [-0.39, 0.29) is 11.7 Å². The third-order valence-electron chi connectivity index (χ3n) is 4.90. The number of likely N-dealkylation sites (tertiary alicyclic amines) is 1. The average Bonchev–Trinajstić information content (AvgIpc) is 3.15.